The predicted molar refractivity (Wildman–Crippen MR) is 94.9 cm³/mol. The number of hydrogen-bond donors (Lipinski definition) is 0. The number of benzene rings is 1. The molecule has 0 bridgehead atoms. The molecule has 1 fully saturated rings. The molecule has 1 amide bonds. The molecule has 122 valence electrons. The Labute approximate surface area is 145 Å². The summed E-state index contributed by atoms with van der Waals surface area (Å²) in [5.74, 6) is -1.72. The summed E-state index contributed by atoms with van der Waals surface area (Å²) in [5.41, 5.74) is 1.99. The molecule has 0 atom stereocenters. The molecule has 7 heteroatoms. The van der Waals surface area contributed by atoms with E-state index < -0.39 is 18.4 Å². The Morgan fingerprint density at radius 3 is 2.43 bits per heavy atom. The SMILES string of the molecule is CCN(CC)c1ccc(/C=C2/SC(=S)N(CC(=O)[O-])C2=O)cc1. The van der Waals surface area contributed by atoms with Crippen molar-refractivity contribution < 1.29 is 14.7 Å². The van der Waals surface area contributed by atoms with Gasteiger partial charge in [-0.15, -0.1) is 0 Å². The van der Waals surface area contributed by atoms with Gasteiger partial charge in [0.2, 0.25) is 0 Å². The van der Waals surface area contributed by atoms with Gasteiger partial charge in [-0.1, -0.05) is 36.1 Å². The fourth-order valence-electron chi connectivity index (χ4n) is 2.29. The highest BCUT2D eigenvalue weighted by Gasteiger charge is 2.31. The second-order valence-electron chi connectivity index (χ2n) is 4.90. The highest BCUT2D eigenvalue weighted by atomic mass is 32.2. The van der Waals surface area contributed by atoms with Crippen LogP contribution in [0.5, 0.6) is 0 Å². The van der Waals surface area contributed by atoms with Crippen LogP contribution < -0.4 is 10.0 Å². The highest BCUT2D eigenvalue weighted by molar-refractivity contribution is 8.26. The van der Waals surface area contributed by atoms with Crippen molar-refractivity contribution >= 4 is 51.9 Å². The lowest BCUT2D eigenvalue weighted by Gasteiger charge is -2.20. The summed E-state index contributed by atoms with van der Waals surface area (Å²) >= 11 is 6.15. The average molecular weight is 349 g/mol. The molecule has 0 saturated carbocycles. The van der Waals surface area contributed by atoms with Crippen LogP contribution >= 0.6 is 24.0 Å². The van der Waals surface area contributed by atoms with Gasteiger partial charge in [-0.3, -0.25) is 9.69 Å². The number of aliphatic carboxylic acids is 1. The van der Waals surface area contributed by atoms with Gasteiger partial charge in [-0.25, -0.2) is 0 Å². The average Bonchev–Trinajstić information content (AvgIpc) is 2.77. The van der Waals surface area contributed by atoms with E-state index in [9.17, 15) is 14.7 Å². The predicted octanol–water partition coefficient (Wildman–Crippen LogP) is 1.48. The van der Waals surface area contributed by atoms with Crippen molar-refractivity contribution in [3.05, 3.63) is 34.7 Å². The van der Waals surface area contributed by atoms with E-state index in [1.54, 1.807) is 6.08 Å². The van der Waals surface area contributed by atoms with Gasteiger partial charge in [0.25, 0.3) is 5.91 Å². The van der Waals surface area contributed by atoms with Crippen LogP contribution in [0.4, 0.5) is 5.69 Å². The van der Waals surface area contributed by atoms with Gasteiger partial charge in [0.1, 0.15) is 4.32 Å². The van der Waals surface area contributed by atoms with Gasteiger partial charge < -0.3 is 14.8 Å². The Morgan fingerprint density at radius 2 is 1.91 bits per heavy atom. The zero-order valence-corrected chi connectivity index (χ0v) is 14.6. The Morgan fingerprint density at radius 1 is 1.30 bits per heavy atom. The van der Waals surface area contributed by atoms with Gasteiger partial charge in [-0.05, 0) is 37.6 Å². The van der Waals surface area contributed by atoms with Crippen LogP contribution in [0.15, 0.2) is 29.2 Å². The Bertz CT molecular complexity index is 652. The zero-order valence-electron chi connectivity index (χ0n) is 12.9. The summed E-state index contributed by atoms with van der Waals surface area (Å²) in [7, 11) is 0. The van der Waals surface area contributed by atoms with Crippen molar-refractivity contribution in [2.24, 2.45) is 0 Å². The van der Waals surface area contributed by atoms with Crippen LogP contribution in [0, 0.1) is 0 Å². The van der Waals surface area contributed by atoms with Crippen LogP contribution in [-0.2, 0) is 9.59 Å². The first-order valence-corrected chi connectivity index (χ1v) is 8.49. The van der Waals surface area contributed by atoms with Crippen molar-refractivity contribution in [1.29, 1.82) is 0 Å². The lowest BCUT2D eigenvalue weighted by molar-refractivity contribution is -0.305. The first kappa shape index (κ1) is 17.5. The number of carbonyl (C=O) groups is 2. The maximum atomic E-state index is 12.2. The molecule has 1 aliphatic heterocycles. The summed E-state index contributed by atoms with van der Waals surface area (Å²) in [6.45, 7) is 5.54. The number of hydrogen-bond acceptors (Lipinski definition) is 6. The minimum atomic E-state index is -1.33. The fraction of sp³-hybridized carbons (Fsp3) is 0.312. The molecule has 0 spiro atoms. The van der Waals surface area contributed by atoms with Gasteiger partial charge in [0, 0.05) is 18.8 Å². The molecular weight excluding hydrogens is 332 g/mol. The number of nitrogens with zero attached hydrogens (tertiary/aromatic N) is 2. The van der Waals surface area contributed by atoms with Gasteiger partial charge in [0.05, 0.1) is 17.4 Å². The van der Waals surface area contributed by atoms with E-state index in [1.807, 2.05) is 24.3 Å². The van der Waals surface area contributed by atoms with E-state index in [-0.39, 0.29) is 4.32 Å². The topological polar surface area (TPSA) is 63.7 Å². The number of amides is 1. The highest BCUT2D eigenvalue weighted by Crippen LogP contribution is 2.32. The van der Waals surface area contributed by atoms with Crippen molar-refractivity contribution in [2.75, 3.05) is 24.5 Å². The monoisotopic (exact) mass is 349 g/mol. The van der Waals surface area contributed by atoms with Crippen LogP contribution in [0.25, 0.3) is 6.08 Å². The lowest BCUT2D eigenvalue weighted by atomic mass is 10.1. The summed E-state index contributed by atoms with van der Waals surface area (Å²) in [6.07, 6.45) is 1.72. The second-order valence-corrected chi connectivity index (χ2v) is 6.58. The first-order valence-electron chi connectivity index (χ1n) is 7.26. The number of thiocarbonyl (C=S) groups is 1. The Balaban J connectivity index is 2.17. The summed E-state index contributed by atoms with van der Waals surface area (Å²) in [4.78, 5) is 26.5. The largest absolute Gasteiger partial charge is 0.548 e. The van der Waals surface area contributed by atoms with Crippen LogP contribution in [-0.4, -0.2) is 40.7 Å². The van der Waals surface area contributed by atoms with E-state index in [2.05, 4.69) is 18.7 Å². The van der Waals surface area contributed by atoms with E-state index in [0.29, 0.717) is 4.91 Å². The molecule has 0 radical (unpaired) electrons. The Kier molecular flexibility index (Phi) is 5.79. The van der Waals surface area contributed by atoms with Gasteiger partial charge >= 0.3 is 0 Å². The third-order valence-electron chi connectivity index (χ3n) is 3.48. The van der Waals surface area contributed by atoms with Gasteiger partial charge in [-0.2, -0.15) is 0 Å². The van der Waals surface area contributed by atoms with Crippen LogP contribution in [0.1, 0.15) is 19.4 Å². The third-order valence-corrected chi connectivity index (χ3v) is 4.86. The number of carboxylic acids is 1. The minimum absolute atomic E-state index is 0.241. The van der Waals surface area contributed by atoms with Crippen molar-refractivity contribution in [3.63, 3.8) is 0 Å². The van der Waals surface area contributed by atoms with Crippen LogP contribution in [0.3, 0.4) is 0 Å². The third kappa shape index (κ3) is 4.11. The molecule has 5 nitrogen and oxygen atoms in total. The molecular formula is C16H17N2O3S2-. The lowest BCUT2D eigenvalue weighted by Crippen LogP contribution is -2.40. The summed E-state index contributed by atoms with van der Waals surface area (Å²) in [5, 5.41) is 10.7. The molecule has 0 N–H and O–H groups in total. The number of rotatable bonds is 6. The molecule has 0 aromatic heterocycles. The van der Waals surface area contributed by atoms with Crippen molar-refractivity contribution in [1.82, 2.24) is 4.90 Å². The minimum Gasteiger partial charge on any atom is -0.548 e. The molecule has 0 aliphatic carbocycles. The van der Waals surface area contributed by atoms with Crippen LogP contribution in [0.2, 0.25) is 0 Å². The van der Waals surface area contributed by atoms with Gasteiger partial charge in [0.15, 0.2) is 0 Å². The number of anilines is 1. The van der Waals surface area contributed by atoms with E-state index in [4.69, 9.17) is 12.2 Å². The van der Waals surface area contributed by atoms with Crippen molar-refractivity contribution in [2.45, 2.75) is 13.8 Å². The molecule has 1 heterocycles. The van der Waals surface area contributed by atoms with E-state index in [0.717, 1.165) is 41.0 Å². The Hall–Kier alpha value is -1.86. The van der Waals surface area contributed by atoms with Crippen molar-refractivity contribution in [3.8, 4) is 0 Å². The molecule has 2 rings (SSSR count). The molecule has 1 aromatic carbocycles. The molecule has 1 saturated heterocycles. The quantitative estimate of drug-likeness (QED) is 0.573. The maximum Gasteiger partial charge on any atom is 0.266 e. The van der Waals surface area contributed by atoms with E-state index >= 15 is 0 Å². The molecule has 1 aliphatic rings. The standard InChI is InChI=1S/C16H18N2O3S2/c1-3-17(4-2)12-7-5-11(6-8-12)9-13-15(21)18(10-14(19)20)16(22)23-13/h5-9H,3-4,10H2,1-2H3,(H,19,20)/p-1/b13-9+. The van der Waals surface area contributed by atoms with E-state index in [1.165, 1.54) is 0 Å². The molecule has 0 unspecified atom stereocenters. The second kappa shape index (κ2) is 7.61. The summed E-state index contributed by atoms with van der Waals surface area (Å²) in [6, 6.07) is 7.86. The number of carbonyl (C=O) groups excluding carboxylic acids is 2. The maximum absolute atomic E-state index is 12.2. The zero-order chi connectivity index (χ0) is 17.0. The molecule has 23 heavy (non-hydrogen) atoms. The molecule has 1 aromatic rings. The smallest absolute Gasteiger partial charge is 0.266 e. The summed E-state index contributed by atoms with van der Waals surface area (Å²) < 4.78 is 0.241. The normalized spacial score (nSPS) is 16.3. The fourth-order valence-corrected chi connectivity index (χ4v) is 3.54. The first-order chi connectivity index (χ1) is 11.0. The number of thioether (sulfide) groups is 1. The number of carboxylic acid groups (broad SMARTS) is 1.